The molecule has 0 atom stereocenters. The van der Waals surface area contributed by atoms with Gasteiger partial charge in [0.25, 0.3) is 11.8 Å². The lowest BCUT2D eigenvalue weighted by molar-refractivity contribution is -0.348. The summed E-state index contributed by atoms with van der Waals surface area (Å²) < 4.78 is 161. The molecule has 42 heavy (non-hydrogen) atoms. The van der Waals surface area contributed by atoms with Crippen molar-refractivity contribution in [3.63, 3.8) is 0 Å². The number of benzene rings is 3. The maximum Gasteiger partial charge on any atom is 0.446 e. The average Bonchev–Trinajstić information content (AvgIpc) is 2.84. The number of hydrogen-bond acceptors (Lipinski definition) is 3. The van der Waals surface area contributed by atoms with Crippen LogP contribution in [-0.2, 0) is 5.67 Å². The van der Waals surface area contributed by atoms with Crippen molar-refractivity contribution in [2.24, 2.45) is 0 Å². The van der Waals surface area contributed by atoms with E-state index in [1.807, 2.05) is 0 Å². The van der Waals surface area contributed by atoms with E-state index < -0.39 is 89.7 Å². The van der Waals surface area contributed by atoms with Crippen LogP contribution in [0.3, 0.4) is 0 Å². The van der Waals surface area contributed by atoms with Crippen LogP contribution in [-0.4, -0.2) is 29.7 Å². The van der Waals surface area contributed by atoms with E-state index in [0.717, 1.165) is 65.1 Å². The summed E-state index contributed by atoms with van der Waals surface area (Å²) in [6.45, 7) is 0. The molecule has 3 aromatic rings. The number of carbonyl (C=O) groups is 2. The van der Waals surface area contributed by atoms with Gasteiger partial charge in [-0.2, -0.15) is 39.5 Å². The van der Waals surface area contributed by atoms with Crippen LogP contribution in [0.4, 0.5) is 64.1 Å². The average molecular weight is 746 g/mol. The van der Waals surface area contributed by atoms with Gasteiger partial charge in [0.05, 0.1) is 16.9 Å². The van der Waals surface area contributed by atoms with E-state index in [2.05, 4.69) is 5.32 Å². The summed E-state index contributed by atoms with van der Waals surface area (Å²) in [5, 5.41) is 3.87. The van der Waals surface area contributed by atoms with E-state index in [4.69, 9.17) is 0 Å². The van der Waals surface area contributed by atoms with Gasteiger partial charge in [0.1, 0.15) is 5.82 Å². The minimum Gasteiger partial charge on any atom is -0.320 e. The highest BCUT2D eigenvalue weighted by atomic mass is 127. The fraction of sp³-hybridized carbons (Fsp3) is 0.167. The summed E-state index contributed by atoms with van der Waals surface area (Å²) in [4.78, 5) is 23.7. The van der Waals surface area contributed by atoms with Crippen LogP contribution >= 0.6 is 34.4 Å². The van der Waals surface area contributed by atoms with Gasteiger partial charge in [0.2, 0.25) is 0 Å². The van der Waals surface area contributed by atoms with Crippen molar-refractivity contribution in [1.82, 2.24) is 0 Å². The molecule has 0 radical (unpaired) electrons. The molecular formula is C24H11F12IN2O2S. The number of carbonyl (C=O) groups excluding carboxylic acids is 2. The van der Waals surface area contributed by atoms with Gasteiger partial charge in [-0.3, -0.25) is 9.59 Å². The molecule has 18 heteroatoms. The fourth-order valence-electron chi connectivity index (χ4n) is 3.38. The number of halogens is 13. The number of thioether (sulfide) groups is 1. The zero-order valence-corrected chi connectivity index (χ0v) is 22.8. The summed E-state index contributed by atoms with van der Waals surface area (Å²) in [5.74, 6) is -4.60. The van der Waals surface area contributed by atoms with Crippen molar-refractivity contribution in [3.05, 3.63) is 86.5 Å². The Bertz CT molecular complexity index is 1490. The van der Waals surface area contributed by atoms with Gasteiger partial charge in [-0.25, -0.2) is 13.2 Å². The predicted molar refractivity (Wildman–Crippen MR) is 135 cm³/mol. The molecule has 2 N–H and O–H groups in total. The topological polar surface area (TPSA) is 58.2 Å². The molecule has 0 fully saturated rings. The van der Waals surface area contributed by atoms with E-state index in [0.29, 0.717) is 0 Å². The van der Waals surface area contributed by atoms with Crippen LogP contribution < -0.4 is 10.6 Å². The van der Waals surface area contributed by atoms with Crippen molar-refractivity contribution < 1.29 is 62.3 Å². The van der Waals surface area contributed by atoms with Crippen LogP contribution in [0.15, 0.2) is 59.5 Å². The second kappa shape index (κ2) is 11.8. The highest BCUT2D eigenvalue weighted by Gasteiger charge is 2.73. The minimum absolute atomic E-state index is 0.0622. The number of alkyl halides is 10. The summed E-state index contributed by atoms with van der Waals surface area (Å²) >= 11 is -0.276. The first kappa shape index (κ1) is 33.3. The van der Waals surface area contributed by atoms with Crippen LogP contribution in [0.25, 0.3) is 0 Å². The molecule has 3 aromatic carbocycles. The summed E-state index contributed by atoms with van der Waals surface area (Å²) in [6.07, 6.45) is -13.3. The highest BCUT2D eigenvalue weighted by molar-refractivity contribution is 14.1. The molecule has 0 aromatic heterocycles. The molecule has 0 aliphatic carbocycles. The first-order valence-corrected chi connectivity index (χ1v) is 12.6. The predicted octanol–water partition coefficient (Wildman–Crippen LogP) is 8.98. The molecule has 0 saturated carbocycles. The largest absolute Gasteiger partial charge is 0.446 e. The molecule has 226 valence electrons. The zero-order valence-electron chi connectivity index (χ0n) is 19.8. The lowest BCUT2D eigenvalue weighted by Crippen LogP contribution is -2.50. The van der Waals surface area contributed by atoms with Crippen LogP contribution in [0.1, 0.15) is 26.3 Å². The third-order valence-electron chi connectivity index (χ3n) is 5.30. The SMILES string of the molecule is O=C(Nc1cccc(C(=O)Nc2c(I)cc(C(F)(C(F)(F)F)C(F)(F)F)cc2SC(F)(F)F)c1F)c1ccc(F)cc1. The number of anilines is 2. The van der Waals surface area contributed by atoms with Gasteiger partial charge in [0.15, 0.2) is 5.82 Å². The third kappa shape index (κ3) is 7.07. The first-order valence-electron chi connectivity index (χ1n) is 10.7. The first-order chi connectivity index (χ1) is 19.2. The van der Waals surface area contributed by atoms with Gasteiger partial charge in [-0.05, 0) is 82.9 Å². The van der Waals surface area contributed by atoms with Crippen molar-refractivity contribution in [1.29, 1.82) is 0 Å². The monoisotopic (exact) mass is 746 g/mol. The Kier molecular flexibility index (Phi) is 9.41. The second-order valence-corrected chi connectivity index (χ2v) is 10.4. The Balaban J connectivity index is 2.04. The number of rotatable bonds is 6. The van der Waals surface area contributed by atoms with E-state index in [-0.39, 0.29) is 17.7 Å². The number of hydrogen-bond donors (Lipinski definition) is 2. The molecule has 0 spiro atoms. The number of amides is 2. The lowest BCUT2D eigenvalue weighted by Gasteiger charge is -2.31. The molecule has 0 aliphatic rings. The van der Waals surface area contributed by atoms with Crippen molar-refractivity contribution in [3.8, 4) is 0 Å². The Morgan fingerprint density at radius 3 is 1.83 bits per heavy atom. The molecule has 2 amide bonds. The summed E-state index contributed by atoms with van der Waals surface area (Å²) in [6, 6.07) is 6.33. The van der Waals surface area contributed by atoms with Gasteiger partial charge in [-0.15, -0.1) is 0 Å². The Morgan fingerprint density at radius 2 is 1.31 bits per heavy atom. The lowest BCUT2D eigenvalue weighted by atomic mass is 9.94. The van der Waals surface area contributed by atoms with Crippen molar-refractivity contribution >= 4 is 57.5 Å². The minimum atomic E-state index is -6.64. The molecule has 3 rings (SSSR count). The van der Waals surface area contributed by atoms with E-state index in [1.54, 1.807) is 5.32 Å². The van der Waals surface area contributed by atoms with E-state index in [9.17, 15) is 57.9 Å². The molecule has 4 nitrogen and oxygen atoms in total. The molecule has 0 aliphatic heterocycles. The normalized spacial score (nSPS) is 12.7. The van der Waals surface area contributed by atoms with E-state index >= 15 is 4.39 Å². The Hall–Kier alpha value is -3.16. The number of nitrogens with one attached hydrogen (secondary N) is 2. The zero-order chi connectivity index (χ0) is 31.8. The van der Waals surface area contributed by atoms with Gasteiger partial charge >= 0.3 is 23.5 Å². The molecule has 0 unspecified atom stereocenters. The molecule has 0 saturated heterocycles. The van der Waals surface area contributed by atoms with Gasteiger partial charge in [-0.1, -0.05) is 6.07 Å². The third-order valence-corrected chi connectivity index (χ3v) is 6.92. The fourth-order valence-corrected chi connectivity index (χ4v) is 5.02. The Labute approximate surface area is 245 Å². The quantitative estimate of drug-likeness (QED) is 0.151. The van der Waals surface area contributed by atoms with Gasteiger partial charge in [0, 0.05) is 19.6 Å². The van der Waals surface area contributed by atoms with Crippen LogP contribution in [0.2, 0.25) is 0 Å². The van der Waals surface area contributed by atoms with Gasteiger partial charge < -0.3 is 10.6 Å². The van der Waals surface area contributed by atoms with Crippen LogP contribution in [0, 0.1) is 15.2 Å². The van der Waals surface area contributed by atoms with Crippen LogP contribution in [0.5, 0.6) is 0 Å². The molecular weight excluding hydrogens is 735 g/mol. The summed E-state index contributed by atoms with van der Waals surface area (Å²) in [5.41, 5.74) is -16.3. The summed E-state index contributed by atoms with van der Waals surface area (Å²) in [7, 11) is 0. The second-order valence-electron chi connectivity index (χ2n) is 8.12. The maximum absolute atomic E-state index is 15.1. The smallest absolute Gasteiger partial charge is 0.320 e. The standard InChI is InChI=1S/C24H11F12IN2O2S/c25-12-6-4-10(5-7-12)19(40)38-15-3-1-2-13(17(15)26)20(41)39-18-14(37)8-11(9-16(18)42-24(34,35)36)21(27,22(28,29)30)23(31,32)33/h1-9H,(H,38,40)(H,39,41). The van der Waals surface area contributed by atoms with Crippen molar-refractivity contribution in [2.75, 3.05) is 10.6 Å². The molecule has 0 bridgehead atoms. The molecule has 0 heterocycles. The maximum atomic E-state index is 15.1. The van der Waals surface area contributed by atoms with Crippen molar-refractivity contribution in [2.45, 2.75) is 28.4 Å². The highest BCUT2D eigenvalue weighted by Crippen LogP contribution is 2.55. The Morgan fingerprint density at radius 1 is 0.738 bits per heavy atom. The van der Waals surface area contributed by atoms with E-state index in [1.165, 1.54) is 0 Å².